The molecule has 0 unspecified atom stereocenters. The Morgan fingerprint density at radius 2 is 1.69 bits per heavy atom. The molecule has 2 aromatic rings. The predicted octanol–water partition coefficient (Wildman–Crippen LogP) is 4.38. The molecular formula is C22H23NO3. The highest BCUT2D eigenvalue weighted by molar-refractivity contribution is 5.95. The Morgan fingerprint density at radius 1 is 1.15 bits per heavy atom. The van der Waals surface area contributed by atoms with Crippen LogP contribution in [0.3, 0.4) is 0 Å². The monoisotopic (exact) mass is 349 g/mol. The Hall–Kier alpha value is -2.88. The van der Waals surface area contributed by atoms with Crippen molar-refractivity contribution >= 4 is 12.0 Å². The molecule has 2 aromatic carbocycles. The molecule has 3 rings (SSSR count). The summed E-state index contributed by atoms with van der Waals surface area (Å²) in [5.74, 6) is -0.661. The van der Waals surface area contributed by atoms with E-state index in [0.717, 1.165) is 11.1 Å². The number of rotatable bonds is 6. The van der Waals surface area contributed by atoms with Gasteiger partial charge in [-0.3, -0.25) is 4.79 Å². The van der Waals surface area contributed by atoms with Crippen LogP contribution in [0.2, 0.25) is 0 Å². The number of allylic oxidation sites excluding steroid dienone is 1. The number of hydrogen-bond acceptors (Lipinski definition) is 3. The van der Waals surface area contributed by atoms with Crippen molar-refractivity contribution < 1.29 is 14.3 Å². The highest BCUT2D eigenvalue weighted by Crippen LogP contribution is 2.35. The number of nitrogens with zero attached hydrogens (tertiary/aromatic N) is 1. The van der Waals surface area contributed by atoms with Gasteiger partial charge in [0.05, 0.1) is 6.04 Å². The molecule has 2 atom stereocenters. The van der Waals surface area contributed by atoms with Crippen LogP contribution >= 0.6 is 0 Å². The van der Waals surface area contributed by atoms with E-state index in [2.05, 4.69) is 6.58 Å². The maximum atomic E-state index is 12.9. The molecule has 0 spiro atoms. The largest absolute Gasteiger partial charge is 0.447 e. The third-order valence-electron chi connectivity index (χ3n) is 4.79. The van der Waals surface area contributed by atoms with E-state index in [0.29, 0.717) is 6.42 Å². The number of cyclic esters (lactones) is 1. The molecule has 4 heteroatoms. The number of amides is 2. The van der Waals surface area contributed by atoms with E-state index in [1.165, 1.54) is 4.90 Å². The highest BCUT2D eigenvalue weighted by Gasteiger charge is 2.44. The van der Waals surface area contributed by atoms with Crippen molar-refractivity contribution in [3.63, 3.8) is 0 Å². The van der Waals surface area contributed by atoms with E-state index in [1.54, 1.807) is 6.08 Å². The van der Waals surface area contributed by atoms with Crippen molar-refractivity contribution in [1.82, 2.24) is 4.90 Å². The first-order chi connectivity index (χ1) is 12.6. The minimum absolute atomic E-state index is 0.135. The zero-order valence-electron chi connectivity index (χ0n) is 14.9. The first-order valence-electron chi connectivity index (χ1n) is 8.84. The van der Waals surface area contributed by atoms with Crippen LogP contribution in [0.15, 0.2) is 73.3 Å². The van der Waals surface area contributed by atoms with Gasteiger partial charge in [0.1, 0.15) is 6.61 Å². The second-order valence-corrected chi connectivity index (χ2v) is 6.58. The molecule has 0 saturated carbocycles. The van der Waals surface area contributed by atoms with Crippen molar-refractivity contribution in [3.8, 4) is 0 Å². The lowest BCUT2D eigenvalue weighted by molar-refractivity contribution is -0.133. The molecule has 0 radical (unpaired) electrons. The molecular weight excluding hydrogens is 326 g/mol. The van der Waals surface area contributed by atoms with Crippen LogP contribution in [0.5, 0.6) is 0 Å². The van der Waals surface area contributed by atoms with Crippen LogP contribution in [0.1, 0.15) is 30.4 Å². The third kappa shape index (κ3) is 3.54. The summed E-state index contributed by atoms with van der Waals surface area (Å²) >= 11 is 0. The van der Waals surface area contributed by atoms with Crippen molar-refractivity contribution in [2.24, 2.45) is 5.92 Å². The summed E-state index contributed by atoms with van der Waals surface area (Å²) in [5, 5.41) is 0. The fraction of sp³-hybridized carbons (Fsp3) is 0.273. The summed E-state index contributed by atoms with van der Waals surface area (Å²) < 4.78 is 5.29. The first-order valence-corrected chi connectivity index (χ1v) is 8.84. The summed E-state index contributed by atoms with van der Waals surface area (Å²) in [6.07, 6.45) is 1.66. The fourth-order valence-corrected chi connectivity index (χ4v) is 3.48. The van der Waals surface area contributed by atoms with Gasteiger partial charge in [-0.2, -0.15) is 0 Å². The lowest BCUT2D eigenvalue weighted by Gasteiger charge is -2.30. The van der Waals surface area contributed by atoms with Gasteiger partial charge in [0, 0.05) is 11.8 Å². The van der Waals surface area contributed by atoms with Gasteiger partial charge in [-0.1, -0.05) is 73.7 Å². The number of carbonyl (C=O) groups is 2. The minimum atomic E-state index is -0.562. The van der Waals surface area contributed by atoms with E-state index in [9.17, 15) is 9.59 Å². The second kappa shape index (κ2) is 8.00. The van der Waals surface area contributed by atoms with Gasteiger partial charge in [0.2, 0.25) is 5.91 Å². The Kier molecular flexibility index (Phi) is 5.52. The fourth-order valence-electron chi connectivity index (χ4n) is 3.48. The molecule has 1 fully saturated rings. The Bertz CT molecular complexity index is 733. The van der Waals surface area contributed by atoms with Crippen molar-refractivity contribution in [2.75, 3.05) is 6.61 Å². The predicted molar refractivity (Wildman–Crippen MR) is 101 cm³/mol. The standard InChI is InChI=1S/C22H23NO3/c1-3-10-16(2)21(24)23-19(15-26-22(23)25)20(17-11-6-4-7-12-17)18-13-8-5-9-14-18/h3-9,11-14,16,19-20H,1,10,15H2,2H3/t16-,19-/m0/s1. The summed E-state index contributed by atoms with van der Waals surface area (Å²) in [5.41, 5.74) is 2.10. The Balaban J connectivity index is 2.01. The van der Waals surface area contributed by atoms with Crippen LogP contribution in [0.25, 0.3) is 0 Å². The maximum Gasteiger partial charge on any atom is 0.417 e. The maximum absolute atomic E-state index is 12.9. The lowest BCUT2D eigenvalue weighted by Crippen LogP contribution is -2.45. The van der Waals surface area contributed by atoms with Gasteiger partial charge in [-0.15, -0.1) is 6.58 Å². The summed E-state index contributed by atoms with van der Waals surface area (Å²) in [4.78, 5) is 26.6. The molecule has 0 bridgehead atoms. The molecule has 1 aliphatic heterocycles. The number of carbonyl (C=O) groups excluding carboxylic acids is 2. The number of ether oxygens (including phenoxy) is 1. The molecule has 2 amide bonds. The van der Waals surface area contributed by atoms with E-state index >= 15 is 0 Å². The Morgan fingerprint density at radius 3 is 2.19 bits per heavy atom. The molecule has 134 valence electrons. The van der Waals surface area contributed by atoms with Gasteiger partial charge in [-0.25, -0.2) is 9.69 Å². The summed E-state index contributed by atoms with van der Waals surface area (Å²) in [6, 6.07) is 19.5. The van der Waals surface area contributed by atoms with Crippen LogP contribution < -0.4 is 0 Å². The van der Waals surface area contributed by atoms with Crippen molar-refractivity contribution in [1.29, 1.82) is 0 Å². The van der Waals surface area contributed by atoms with Crippen LogP contribution in [0, 0.1) is 5.92 Å². The molecule has 0 aromatic heterocycles. The smallest absolute Gasteiger partial charge is 0.417 e. The highest BCUT2D eigenvalue weighted by atomic mass is 16.6. The topological polar surface area (TPSA) is 46.6 Å². The SMILES string of the molecule is C=CC[C@H](C)C(=O)N1C(=O)OC[C@H]1C(c1ccccc1)c1ccccc1. The normalized spacial score (nSPS) is 17.8. The van der Waals surface area contributed by atoms with Gasteiger partial charge in [0.15, 0.2) is 0 Å². The zero-order valence-corrected chi connectivity index (χ0v) is 14.9. The van der Waals surface area contributed by atoms with E-state index in [1.807, 2.05) is 67.6 Å². The van der Waals surface area contributed by atoms with E-state index < -0.39 is 6.09 Å². The first kappa shape index (κ1) is 17.9. The van der Waals surface area contributed by atoms with Gasteiger partial charge < -0.3 is 4.74 Å². The number of hydrogen-bond donors (Lipinski definition) is 0. The number of imide groups is 1. The molecule has 26 heavy (non-hydrogen) atoms. The molecule has 0 N–H and O–H groups in total. The van der Waals surface area contributed by atoms with E-state index in [4.69, 9.17) is 4.74 Å². The molecule has 4 nitrogen and oxygen atoms in total. The van der Waals surface area contributed by atoms with Crippen molar-refractivity contribution in [2.45, 2.75) is 25.3 Å². The molecule has 1 heterocycles. The average molecular weight is 349 g/mol. The lowest BCUT2D eigenvalue weighted by atomic mass is 9.84. The summed E-state index contributed by atoms with van der Waals surface area (Å²) in [7, 11) is 0. The van der Waals surface area contributed by atoms with Crippen LogP contribution in [-0.2, 0) is 9.53 Å². The third-order valence-corrected chi connectivity index (χ3v) is 4.79. The van der Waals surface area contributed by atoms with E-state index in [-0.39, 0.29) is 30.4 Å². The summed E-state index contributed by atoms with van der Waals surface area (Å²) in [6.45, 7) is 5.70. The zero-order chi connectivity index (χ0) is 18.5. The molecule has 0 aliphatic carbocycles. The van der Waals surface area contributed by atoms with Crippen LogP contribution in [-0.4, -0.2) is 29.5 Å². The molecule has 1 saturated heterocycles. The minimum Gasteiger partial charge on any atom is -0.447 e. The molecule has 1 aliphatic rings. The van der Waals surface area contributed by atoms with Gasteiger partial charge in [0.25, 0.3) is 0 Å². The van der Waals surface area contributed by atoms with Gasteiger partial charge >= 0.3 is 6.09 Å². The average Bonchev–Trinajstić information content (AvgIpc) is 3.04. The Labute approximate surface area is 154 Å². The van der Waals surface area contributed by atoms with Crippen LogP contribution in [0.4, 0.5) is 4.79 Å². The quantitative estimate of drug-likeness (QED) is 0.727. The second-order valence-electron chi connectivity index (χ2n) is 6.58. The van der Waals surface area contributed by atoms with Gasteiger partial charge in [-0.05, 0) is 17.5 Å². The van der Waals surface area contributed by atoms with Crippen molar-refractivity contribution in [3.05, 3.63) is 84.4 Å². The number of benzene rings is 2.